The lowest BCUT2D eigenvalue weighted by molar-refractivity contribution is -0.148. The fraction of sp³-hybridized carbons (Fsp3) is 0.529. The van der Waals surface area contributed by atoms with E-state index in [1.807, 2.05) is 18.2 Å². The molecule has 1 N–H and O–H groups in total. The number of esters is 1. The molecule has 5 nitrogen and oxygen atoms in total. The number of benzene rings is 1. The van der Waals surface area contributed by atoms with E-state index in [9.17, 15) is 9.59 Å². The predicted molar refractivity (Wildman–Crippen MR) is 83.6 cm³/mol. The van der Waals surface area contributed by atoms with Crippen molar-refractivity contribution < 1.29 is 14.3 Å². The number of rotatable bonds is 4. The summed E-state index contributed by atoms with van der Waals surface area (Å²) < 4.78 is 5.57. The first-order valence-electron chi connectivity index (χ1n) is 7.99. The lowest BCUT2D eigenvalue weighted by Crippen LogP contribution is -2.40. The topological polar surface area (TPSA) is 58.6 Å². The highest BCUT2D eigenvalue weighted by atomic mass is 16.5. The van der Waals surface area contributed by atoms with Gasteiger partial charge in [0.2, 0.25) is 5.91 Å². The van der Waals surface area contributed by atoms with Gasteiger partial charge in [-0.2, -0.15) is 0 Å². The van der Waals surface area contributed by atoms with Crippen LogP contribution in [0.25, 0.3) is 0 Å². The molecule has 2 aliphatic heterocycles. The van der Waals surface area contributed by atoms with E-state index in [1.165, 1.54) is 5.69 Å². The molecule has 0 bridgehead atoms. The number of ether oxygens (including phenoxy) is 1. The van der Waals surface area contributed by atoms with Crippen molar-refractivity contribution in [3.8, 4) is 0 Å². The summed E-state index contributed by atoms with van der Waals surface area (Å²) in [6, 6.07) is 10.1. The Bertz CT molecular complexity index is 532. The number of carbonyl (C=O) groups excluding carboxylic acids is 2. The molecule has 22 heavy (non-hydrogen) atoms. The molecule has 2 saturated heterocycles. The van der Waals surface area contributed by atoms with Gasteiger partial charge >= 0.3 is 5.97 Å². The summed E-state index contributed by atoms with van der Waals surface area (Å²) in [4.78, 5) is 25.6. The summed E-state index contributed by atoms with van der Waals surface area (Å²) in [6.45, 7) is 1.65. The van der Waals surface area contributed by atoms with Gasteiger partial charge in [-0.15, -0.1) is 0 Å². The highest BCUT2D eigenvalue weighted by Gasteiger charge is 2.27. The van der Waals surface area contributed by atoms with Crippen molar-refractivity contribution in [2.24, 2.45) is 0 Å². The van der Waals surface area contributed by atoms with Crippen molar-refractivity contribution in [2.45, 2.75) is 44.2 Å². The van der Waals surface area contributed by atoms with Crippen molar-refractivity contribution >= 4 is 17.6 Å². The molecule has 118 valence electrons. The zero-order valence-electron chi connectivity index (χ0n) is 12.7. The molecule has 3 rings (SSSR count). The van der Waals surface area contributed by atoms with Crippen LogP contribution in [0.15, 0.2) is 30.3 Å². The van der Waals surface area contributed by atoms with E-state index in [4.69, 9.17) is 4.74 Å². The lowest BCUT2D eigenvalue weighted by Gasteiger charge is -2.23. The zero-order valence-corrected chi connectivity index (χ0v) is 12.7. The van der Waals surface area contributed by atoms with Gasteiger partial charge in [-0.3, -0.25) is 9.59 Å². The molecule has 0 aromatic heterocycles. The summed E-state index contributed by atoms with van der Waals surface area (Å²) in [6.07, 6.45) is 3.38. The Morgan fingerprint density at radius 2 is 2.09 bits per heavy atom. The van der Waals surface area contributed by atoms with Gasteiger partial charge in [0.15, 0.2) is 0 Å². The molecule has 2 unspecified atom stereocenters. The normalized spacial score (nSPS) is 24.9. The summed E-state index contributed by atoms with van der Waals surface area (Å²) in [5.41, 5.74) is 1.17. The maximum Gasteiger partial charge on any atom is 0.308 e. The van der Waals surface area contributed by atoms with Crippen LogP contribution in [0.4, 0.5) is 5.69 Å². The highest BCUT2D eigenvalue weighted by molar-refractivity contribution is 5.78. The van der Waals surface area contributed by atoms with Crippen LogP contribution < -0.4 is 10.2 Å². The highest BCUT2D eigenvalue weighted by Crippen LogP contribution is 2.22. The molecular formula is C17H22N2O3. The van der Waals surface area contributed by atoms with Crippen LogP contribution in [0.1, 0.15) is 32.1 Å². The van der Waals surface area contributed by atoms with Crippen LogP contribution in [-0.4, -0.2) is 37.1 Å². The van der Waals surface area contributed by atoms with Gasteiger partial charge < -0.3 is 15.0 Å². The number of nitrogens with zero attached hydrogens (tertiary/aromatic N) is 1. The number of anilines is 1. The number of hydrogen-bond donors (Lipinski definition) is 1. The molecule has 2 aliphatic rings. The number of nitrogens with one attached hydrogen (secondary N) is 1. The average Bonchev–Trinajstić information content (AvgIpc) is 2.96. The molecule has 2 heterocycles. The minimum atomic E-state index is -0.202. The van der Waals surface area contributed by atoms with Crippen molar-refractivity contribution in [1.82, 2.24) is 5.32 Å². The van der Waals surface area contributed by atoms with Gasteiger partial charge in [0, 0.05) is 31.1 Å². The van der Waals surface area contributed by atoms with Gasteiger partial charge in [0.1, 0.15) is 6.10 Å². The van der Waals surface area contributed by atoms with E-state index < -0.39 is 0 Å². The Balaban J connectivity index is 1.46. The first-order chi connectivity index (χ1) is 10.7. The van der Waals surface area contributed by atoms with E-state index in [2.05, 4.69) is 22.3 Å². The molecule has 0 saturated carbocycles. The van der Waals surface area contributed by atoms with Crippen molar-refractivity contribution in [3.05, 3.63) is 30.3 Å². The Kier molecular flexibility index (Phi) is 4.61. The van der Waals surface area contributed by atoms with Crippen LogP contribution >= 0.6 is 0 Å². The van der Waals surface area contributed by atoms with Crippen molar-refractivity contribution in [3.63, 3.8) is 0 Å². The Hall–Kier alpha value is -2.04. The minimum Gasteiger partial charge on any atom is -0.460 e. The van der Waals surface area contributed by atoms with Gasteiger partial charge in [0.25, 0.3) is 0 Å². The number of piperidine rings is 1. The molecule has 1 amide bonds. The molecular weight excluding hydrogens is 280 g/mol. The van der Waals surface area contributed by atoms with Gasteiger partial charge in [0.05, 0.1) is 13.0 Å². The van der Waals surface area contributed by atoms with E-state index in [0.717, 1.165) is 32.4 Å². The summed E-state index contributed by atoms with van der Waals surface area (Å²) in [7, 11) is 0. The standard InChI is InChI=1S/C17H22N2O3/c20-16-8-4-5-13(18-16)11-17(21)22-15-9-10-19(12-15)14-6-2-1-3-7-14/h1-3,6-7,13,15H,4-5,8-12H2,(H,18,20). The van der Waals surface area contributed by atoms with Crippen molar-refractivity contribution in [2.75, 3.05) is 18.0 Å². The molecule has 0 spiro atoms. The first kappa shape index (κ1) is 14.9. The molecule has 2 atom stereocenters. The second-order valence-corrected chi connectivity index (χ2v) is 6.04. The Labute approximate surface area is 130 Å². The molecule has 0 aliphatic carbocycles. The Morgan fingerprint density at radius 1 is 1.27 bits per heavy atom. The average molecular weight is 302 g/mol. The van der Waals surface area contributed by atoms with E-state index >= 15 is 0 Å². The summed E-state index contributed by atoms with van der Waals surface area (Å²) in [5, 5.41) is 2.86. The quantitative estimate of drug-likeness (QED) is 0.863. The molecule has 0 radical (unpaired) electrons. The molecule has 5 heteroatoms. The number of amides is 1. The van der Waals surface area contributed by atoms with Crippen LogP contribution in [0.2, 0.25) is 0 Å². The van der Waals surface area contributed by atoms with Gasteiger partial charge in [-0.25, -0.2) is 0 Å². The third-order valence-electron chi connectivity index (χ3n) is 4.30. The monoisotopic (exact) mass is 302 g/mol. The van der Waals surface area contributed by atoms with E-state index in [1.54, 1.807) is 0 Å². The number of para-hydroxylation sites is 1. The van der Waals surface area contributed by atoms with Crippen LogP contribution in [-0.2, 0) is 14.3 Å². The Morgan fingerprint density at radius 3 is 2.86 bits per heavy atom. The fourth-order valence-electron chi connectivity index (χ4n) is 3.17. The predicted octanol–water partition coefficient (Wildman–Crippen LogP) is 1.87. The first-order valence-corrected chi connectivity index (χ1v) is 7.99. The van der Waals surface area contributed by atoms with Gasteiger partial charge in [-0.05, 0) is 25.0 Å². The fourth-order valence-corrected chi connectivity index (χ4v) is 3.17. The third kappa shape index (κ3) is 3.78. The zero-order chi connectivity index (χ0) is 15.4. The SMILES string of the molecule is O=C1CCCC(CC(=O)OC2CCN(c3ccccc3)C2)N1. The maximum atomic E-state index is 12.0. The molecule has 1 aromatic rings. The number of hydrogen-bond acceptors (Lipinski definition) is 4. The van der Waals surface area contributed by atoms with Crippen molar-refractivity contribution in [1.29, 1.82) is 0 Å². The van der Waals surface area contributed by atoms with Gasteiger partial charge in [-0.1, -0.05) is 18.2 Å². The van der Waals surface area contributed by atoms with Crippen LogP contribution in [0.5, 0.6) is 0 Å². The second-order valence-electron chi connectivity index (χ2n) is 6.04. The lowest BCUT2D eigenvalue weighted by atomic mass is 10.0. The summed E-state index contributed by atoms with van der Waals surface area (Å²) in [5.74, 6) is -0.160. The van der Waals surface area contributed by atoms with Crippen LogP contribution in [0, 0.1) is 0 Å². The third-order valence-corrected chi connectivity index (χ3v) is 4.30. The summed E-state index contributed by atoms with van der Waals surface area (Å²) >= 11 is 0. The minimum absolute atomic E-state index is 0.0418. The smallest absolute Gasteiger partial charge is 0.308 e. The largest absolute Gasteiger partial charge is 0.460 e. The maximum absolute atomic E-state index is 12.0. The number of carbonyl (C=O) groups is 2. The van der Waals surface area contributed by atoms with E-state index in [0.29, 0.717) is 6.42 Å². The molecule has 2 fully saturated rings. The second kappa shape index (κ2) is 6.81. The molecule has 1 aromatic carbocycles. The van der Waals surface area contributed by atoms with Crippen LogP contribution in [0.3, 0.4) is 0 Å². The van der Waals surface area contributed by atoms with E-state index in [-0.39, 0.29) is 30.4 Å².